The minimum absolute atomic E-state index is 0.189. The van der Waals surface area contributed by atoms with Crippen LogP contribution in [0.15, 0.2) is 48.5 Å². The normalized spacial score (nSPS) is 18.6. The topological polar surface area (TPSA) is 77.0 Å². The number of rotatable bonds is 7. The number of piperidine rings is 1. The van der Waals surface area contributed by atoms with Crippen LogP contribution >= 0.6 is 0 Å². The number of hydrogen-bond donors (Lipinski definition) is 3. The SMILES string of the molecule is N#Cc1cccc(NC(=O)NCCC[C@@H]2C[C@H](Cc3ccc(F)cc3)CCN2)c1. The number of anilines is 1. The average molecular weight is 394 g/mol. The summed E-state index contributed by atoms with van der Waals surface area (Å²) < 4.78 is 13.1. The third kappa shape index (κ3) is 6.88. The second-order valence-electron chi connectivity index (χ2n) is 7.59. The van der Waals surface area contributed by atoms with Gasteiger partial charge in [-0.2, -0.15) is 5.26 Å². The van der Waals surface area contributed by atoms with Crippen LogP contribution < -0.4 is 16.0 Å². The first kappa shape index (κ1) is 20.8. The van der Waals surface area contributed by atoms with E-state index in [0.717, 1.165) is 38.6 Å². The lowest BCUT2D eigenvalue weighted by atomic mass is 9.86. The first-order valence-electron chi connectivity index (χ1n) is 10.2. The van der Waals surface area contributed by atoms with Gasteiger partial charge in [0.25, 0.3) is 0 Å². The van der Waals surface area contributed by atoms with E-state index in [0.29, 0.717) is 29.8 Å². The number of carbonyl (C=O) groups is 1. The minimum atomic E-state index is -0.258. The fraction of sp³-hybridized carbons (Fsp3) is 0.391. The van der Waals surface area contributed by atoms with Crippen LogP contribution in [0.25, 0.3) is 0 Å². The van der Waals surface area contributed by atoms with Gasteiger partial charge in [0, 0.05) is 18.3 Å². The molecular weight excluding hydrogens is 367 g/mol. The fourth-order valence-electron chi connectivity index (χ4n) is 3.85. The van der Waals surface area contributed by atoms with Gasteiger partial charge in [0.15, 0.2) is 0 Å². The molecule has 0 radical (unpaired) electrons. The Balaban J connectivity index is 1.35. The monoisotopic (exact) mass is 394 g/mol. The van der Waals surface area contributed by atoms with Crippen LogP contribution in [-0.4, -0.2) is 25.2 Å². The standard InChI is InChI=1S/C23H27FN4O/c24-20-8-6-17(7-9-20)13-18-10-12-26-21(14-18)5-2-11-27-23(29)28-22-4-1-3-19(15-22)16-25/h1,3-4,6-9,15,18,21,26H,2,5,10-14H2,(H2,27,28,29)/t18-,21+/m0/s1. The Hall–Kier alpha value is -2.91. The summed E-state index contributed by atoms with van der Waals surface area (Å²) in [6.45, 7) is 1.60. The molecule has 1 aliphatic rings. The van der Waals surface area contributed by atoms with Gasteiger partial charge in [-0.25, -0.2) is 9.18 Å². The Labute approximate surface area is 171 Å². The molecule has 0 saturated carbocycles. The van der Waals surface area contributed by atoms with Crippen LogP contribution in [0.5, 0.6) is 0 Å². The van der Waals surface area contributed by atoms with E-state index in [9.17, 15) is 9.18 Å². The number of benzene rings is 2. The van der Waals surface area contributed by atoms with Crippen molar-refractivity contribution in [1.29, 1.82) is 5.26 Å². The van der Waals surface area contributed by atoms with Crippen molar-refractivity contribution in [3.8, 4) is 6.07 Å². The van der Waals surface area contributed by atoms with Crippen molar-refractivity contribution in [2.75, 3.05) is 18.4 Å². The van der Waals surface area contributed by atoms with Gasteiger partial charge in [0.05, 0.1) is 11.6 Å². The summed E-state index contributed by atoms with van der Waals surface area (Å²) in [5.41, 5.74) is 2.32. The van der Waals surface area contributed by atoms with E-state index in [1.165, 1.54) is 17.7 Å². The van der Waals surface area contributed by atoms with Crippen LogP contribution in [0.1, 0.15) is 36.8 Å². The highest BCUT2D eigenvalue weighted by atomic mass is 19.1. The Morgan fingerprint density at radius 3 is 2.86 bits per heavy atom. The number of halogens is 1. The minimum Gasteiger partial charge on any atom is -0.338 e. The first-order valence-corrected chi connectivity index (χ1v) is 10.2. The zero-order valence-corrected chi connectivity index (χ0v) is 16.5. The molecule has 3 N–H and O–H groups in total. The van der Waals surface area contributed by atoms with Gasteiger partial charge in [-0.3, -0.25) is 0 Å². The lowest BCUT2D eigenvalue weighted by Gasteiger charge is -2.30. The summed E-state index contributed by atoms with van der Waals surface area (Å²) in [7, 11) is 0. The van der Waals surface area contributed by atoms with E-state index >= 15 is 0 Å². The molecule has 1 heterocycles. The summed E-state index contributed by atoms with van der Waals surface area (Å²) in [6, 6.07) is 15.9. The quantitative estimate of drug-likeness (QED) is 0.616. The molecule has 2 amide bonds. The molecular formula is C23H27FN4O. The molecule has 0 spiro atoms. The van der Waals surface area contributed by atoms with Crippen LogP contribution in [0.4, 0.5) is 14.9 Å². The van der Waals surface area contributed by atoms with Crippen molar-refractivity contribution < 1.29 is 9.18 Å². The Morgan fingerprint density at radius 1 is 1.24 bits per heavy atom. The summed E-state index contributed by atoms with van der Waals surface area (Å²) in [5, 5.41) is 18.1. The zero-order valence-electron chi connectivity index (χ0n) is 16.5. The molecule has 2 aromatic carbocycles. The second-order valence-corrected chi connectivity index (χ2v) is 7.59. The lowest BCUT2D eigenvalue weighted by molar-refractivity contribution is 0.250. The lowest BCUT2D eigenvalue weighted by Crippen LogP contribution is -2.39. The smallest absolute Gasteiger partial charge is 0.319 e. The third-order valence-corrected chi connectivity index (χ3v) is 5.31. The molecule has 0 aromatic heterocycles. The van der Waals surface area contributed by atoms with Gasteiger partial charge in [-0.15, -0.1) is 0 Å². The second kappa shape index (κ2) is 10.6. The van der Waals surface area contributed by atoms with Crippen LogP contribution in [-0.2, 0) is 6.42 Å². The predicted molar refractivity (Wildman–Crippen MR) is 112 cm³/mol. The number of nitrogens with one attached hydrogen (secondary N) is 3. The van der Waals surface area contributed by atoms with E-state index in [2.05, 4.69) is 22.0 Å². The molecule has 1 fully saturated rings. The highest BCUT2D eigenvalue weighted by Crippen LogP contribution is 2.23. The van der Waals surface area contributed by atoms with Gasteiger partial charge in [-0.1, -0.05) is 18.2 Å². The Bertz CT molecular complexity index is 847. The summed E-state index contributed by atoms with van der Waals surface area (Å²) in [4.78, 5) is 12.0. The maximum atomic E-state index is 13.1. The van der Waals surface area contributed by atoms with Crippen LogP contribution in [0.2, 0.25) is 0 Å². The van der Waals surface area contributed by atoms with E-state index in [4.69, 9.17) is 5.26 Å². The molecule has 6 heteroatoms. The number of urea groups is 1. The Kier molecular flexibility index (Phi) is 7.60. The van der Waals surface area contributed by atoms with Gasteiger partial charge < -0.3 is 16.0 Å². The van der Waals surface area contributed by atoms with Gasteiger partial charge in [0.1, 0.15) is 5.82 Å². The van der Waals surface area contributed by atoms with Crippen molar-refractivity contribution in [2.45, 2.75) is 38.1 Å². The van der Waals surface area contributed by atoms with E-state index < -0.39 is 0 Å². The molecule has 29 heavy (non-hydrogen) atoms. The highest BCUT2D eigenvalue weighted by molar-refractivity contribution is 5.89. The number of carbonyl (C=O) groups excluding carboxylic acids is 1. The van der Waals surface area contributed by atoms with Gasteiger partial charge >= 0.3 is 6.03 Å². The van der Waals surface area contributed by atoms with E-state index in [-0.39, 0.29) is 11.8 Å². The van der Waals surface area contributed by atoms with Crippen molar-refractivity contribution >= 4 is 11.7 Å². The van der Waals surface area contributed by atoms with Crippen molar-refractivity contribution in [2.24, 2.45) is 5.92 Å². The van der Waals surface area contributed by atoms with E-state index in [1.54, 1.807) is 24.3 Å². The summed E-state index contributed by atoms with van der Waals surface area (Å²) in [5.74, 6) is 0.418. The predicted octanol–water partition coefficient (Wildman–Crippen LogP) is 4.21. The molecule has 0 unspecified atom stereocenters. The fourth-order valence-corrected chi connectivity index (χ4v) is 3.85. The molecule has 1 saturated heterocycles. The summed E-state index contributed by atoms with van der Waals surface area (Å²) in [6.07, 6.45) is 5.12. The molecule has 2 atom stereocenters. The van der Waals surface area contributed by atoms with Gasteiger partial charge in [-0.05, 0) is 80.5 Å². The highest BCUT2D eigenvalue weighted by Gasteiger charge is 2.21. The zero-order chi connectivity index (χ0) is 20.5. The van der Waals surface area contributed by atoms with Crippen molar-refractivity contribution in [1.82, 2.24) is 10.6 Å². The van der Waals surface area contributed by atoms with E-state index in [1.807, 2.05) is 12.1 Å². The molecule has 3 rings (SSSR count). The maximum Gasteiger partial charge on any atom is 0.319 e. The number of nitrogens with zero attached hydrogens (tertiary/aromatic N) is 1. The number of nitriles is 1. The maximum absolute atomic E-state index is 13.1. The van der Waals surface area contributed by atoms with Gasteiger partial charge in [0.2, 0.25) is 0 Å². The van der Waals surface area contributed by atoms with Crippen LogP contribution in [0.3, 0.4) is 0 Å². The molecule has 1 aliphatic heterocycles. The first-order chi connectivity index (χ1) is 14.1. The Morgan fingerprint density at radius 2 is 2.07 bits per heavy atom. The van der Waals surface area contributed by atoms with Crippen LogP contribution in [0, 0.1) is 23.1 Å². The number of hydrogen-bond acceptors (Lipinski definition) is 3. The molecule has 5 nitrogen and oxygen atoms in total. The largest absolute Gasteiger partial charge is 0.338 e. The number of amides is 2. The van der Waals surface area contributed by atoms with Crippen molar-refractivity contribution in [3.63, 3.8) is 0 Å². The third-order valence-electron chi connectivity index (χ3n) is 5.31. The molecule has 0 bridgehead atoms. The molecule has 0 aliphatic carbocycles. The molecule has 152 valence electrons. The summed E-state index contributed by atoms with van der Waals surface area (Å²) >= 11 is 0. The average Bonchev–Trinajstić information content (AvgIpc) is 2.73. The molecule has 2 aromatic rings. The van der Waals surface area contributed by atoms with Crippen molar-refractivity contribution in [3.05, 3.63) is 65.5 Å².